The molecule has 1 aromatic heterocycles. The van der Waals surface area contributed by atoms with Crippen LogP contribution in [0.2, 0.25) is 5.02 Å². The van der Waals surface area contributed by atoms with Gasteiger partial charge in [0.05, 0.1) is 23.5 Å². The monoisotopic (exact) mass is 383 g/mol. The van der Waals surface area contributed by atoms with E-state index in [4.69, 9.17) is 16.6 Å². The Morgan fingerprint density at radius 3 is 2.67 bits per heavy atom. The van der Waals surface area contributed by atoms with Gasteiger partial charge in [-0.05, 0) is 29.7 Å². The minimum atomic E-state index is -0.713. The summed E-state index contributed by atoms with van der Waals surface area (Å²) in [4.78, 5) is 18.4. The zero-order valence-corrected chi connectivity index (χ0v) is 15.9. The number of carbonyl (C=O) groups is 1. The van der Waals surface area contributed by atoms with E-state index in [1.54, 1.807) is 0 Å². The van der Waals surface area contributed by atoms with Crippen LogP contribution in [-0.4, -0.2) is 38.6 Å². The van der Waals surface area contributed by atoms with Crippen LogP contribution < -0.4 is 0 Å². The number of halogens is 1. The SMILES string of the molecule is C[C@@H]1CN(Cc2nc3cc(Cl)ccc3n2Cc2ccccc2)C[C@H]1C(=O)O. The first kappa shape index (κ1) is 18.0. The molecule has 2 atom stereocenters. The van der Waals surface area contributed by atoms with Gasteiger partial charge in [0, 0.05) is 24.7 Å². The summed E-state index contributed by atoms with van der Waals surface area (Å²) in [6.07, 6.45) is 0. The van der Waals surface area contributed by atoms with Gasteiger partial charge in [-0.2, -0.15) is 0 Å². The van der Waals surface area contributed by atoms with Gasteiger partial charge in [-0.1, -0.05) is 48.9 Å². The zero-order valence-electron chi connectivity index (χ0n) is 15.2. The van der Waals surface area contributed by atoms with Crippen molar-refractivity contribution in [2.45, 2.75) is 20.0 Å². The van der Waals surface area contributed by atoms with E-state index in [0.717, 1.165) is 29.9 Å². The number of aliphatic carboxylic acids is 1. The highest BCUT2D eigenvalue weighted by atomic mass is 35.5. The number of carboxylic acid groups (broad SMARTS) is 1. The first-order valence-corrected chi connectivity index (χ1v) is 9.53. The number of hydrogen-bond acceptors (Lipinski definition) is 3. The number of imidazole rings is 1. The average Bonchev–Trinajstić information content (AvgIpc) is 3.16. The summed E-state index contributed by atoms with van der Waals surface area (Å²) in [5, 5.41) is 10.1. The lowest BCUT2D eigenvalue weighted by Gasteiger charge is -2.16. The van der Waals surface area contributed by atoms with Crippen molar-refractivity contribution in [3.8, 4) is 0 Å². The molecule has 0 amide bonds. The van der Waals surface area contributed by atoms with Gasteiger partial charge in [-0.15, -0.1) is 0 Å². The molecule has 0 radical (unpaired) electrons. The van der Waals surface area contributed by atoms with Crippen LogP contribution in [0.25, 0.3) is 11.0 Å². The van der Waals surface area contributed by atoms with Crippen molar-refractivity contribution in [2.24, 2.45) is 11.8 Å². The average molecular weight is 384 g/mol. The molecular formula is C21H22ClN3O2. The highest BCUT2D eigenvalue weighted by Crippen LogP contribution is 2.27. The Kier molecular flexibility index (Phi) is 4.89. The molecule has 3 aromatic rings. The second-order valence-corrected chi connectivity index (χ2v) is 7.79. The molecule has 140 valence electrons. The number of rotatable bonds is 5. The Hall–Kier alpha value is -2.37. The molecule has 0 spiro atoms. The van der Waals surface area contributed by atoms with Gasteiger partial charge in [-0.3, -0.25) is 9.69 Å². The van der Waals surface area contributed by atoms with E-state index in [1.165, 1.54) is 5.56 Å². The molecular weight excluding hydrogens is 362 g/mol. The van der Waals surface area contributed by atoms with Crippen molar-refractivity contribution in [1.82, 2.24) is 14.5 Å². The third kappa shape index (κ3) is 3.70. The Morgan fingerprint density at radius 2 is 1.96 bits per heavy atom. The van der Waals surface area contributed by atoms with Gasteiger partial charge in [0.25, 0.3) is 0 Å². The highest BCUT2D eigenvalue weighted by molar-refractivity contribution is 6.31. The number of aromatic nitrogens is 2. The van der Waals surface area contributed by atoms with E-state index in [2.05, 4.69) is 21.6 Å². The number of nitrogens with zero attached hydrogens (tertiary/aromatic N) is 3. The lowest BCUT2D eigenvalue weighted by molar-refractivity contribution is -0.142. The van der Waals surface area contributed by atoms with Gasteiger partial charge in [-0.25, -0.2) is 4.98 Å². The minimum Gasteiger partial charge on any atom is -0.481 e. The molecule has 1 saturated heterocycles. The normalized spacial score (nSPS) is 20.4. The molecule has 4 rings (SSSR count). The van der Waals surface area contributed by atoms with E-state index < -0.39 is 5.97 Å². The topological polar surface area (TPSA) is 58.4 Å². The van der Waals surface area contributed by atoms with E-state index in [-0.39, 0.29) is 11.8 Å². The lowest BCUT2D eigenvalue weighted by atomic mass is 9.99. The van der Waals surface area contributed by atoms with E-state index in [9.17, 15) is 9.90 Å². The summed E-state index contributed by atoms with van der Waals surface area (Å²) in [5.74, 6) is 0.0548. The number of hydrogen-bond donors (Lipinski definition) is 1. The summed E-state index contributed by atoms with van der Waals surface area (Å²) < 4.78 is 2.21. The van der Waals surface area contributed by atoms with Crippen molar-refractivity contribution in [2.75, 3.05) is 13.1 Å². The molecule has 0 aliphatic carbocycles. The molecule has 0 bridgehead atoms. The maximum absolute atomic E-state index is 11.4. The number of carboxylic acids is 1. The van der Waals surface area contributed by atoms with E-state index in [1.807, 2.05) is 43.3 Å². The molecule has 1 fully saturated rings. The Labute approximate surface area is 163 Å². The molecule has 2 heterocycles. The van der Waals surface area contributed by atoms with Crippen LogP contribution in [-0.2, 0) is 17.9 Å². The molecule has 5 nitrogen and oxygen atoms in total. The smallest absolute Gasteiger partial charge is 0.308 e. The predicted molar refractivity (Wildman–Crippen MR) is 106 cm³/mol. The maximum atomic E-state index is 11.4. The molecule has 27 heavy (non-hydrogen) atoms. The molecule has 1 N–H and O–H groups in total. The van der Waals surface area contributed by atoms with Crippen molar-refractivity contribution < 1.29 is 9.90 Å². The molecule has 0 unspecified atom stereocenters. The molecule has 6 heteroatoms. The zero-order chi connectivity index (χ0) is 19.0. The van der Waals surface area contributed by atoms with Crippen LogP contribution >= 0.6 is 11.6 Å². The van der Waals surface area contributed by atoms with Gasteiger partial charge in [0.15, 0.2) is 0 Å². The van der Waals surface area contributed by atoms with Crippen molar-refractivity contribution in [1.29, 1.82) is 0 Å². The quantitative estimate of drug-likeness (QED) is 0.726. The number of fused-ring (bicyclic) bond motifs is 1. The summed E-state index contributed by atoms with van der Waals surface area (Å²) in [7, 11) is 0. The van der Waals surface area contributed by atoms with E-state index in [0.29, 0.717) is 18.1 Å². The Bertz CT molecular complexity index is 970. The van der Waals surface area contributed by atoms with Gasteiger partial charge < -0.3 is 9.67 Å². The fourth-order valence-corrected chi connectivity index (χ4v) is 4.10. The van der Waals surface area contributed by atoms with Crippen LogP contribution in [0.4, 0.5) is 0 Å². The summed E-state index contributed by atoms with van der Waals surface area (Å²) in [5.41, 5.74) is 3.11. The maximum Gasteiger partial charge on any atom is 0.308 e. The van der Waals surface area contributed by atoms with E-state index >= 15 is 0 Å². The Morgan fingerprint density at radius 1 is 1.19 bits per heavy atom. The molecule has 2 aromatic carbocycles. The van der Waals surface area contributed by atoms with Crippen molar-refractivity contribution >= 4 is 28.6 Å². The summed E-state index contributed by atoms with van der Waals surface area (Å²) in [6, 6.07) is 16.0. The van der Waals surface area contributed by atoms with Crippen LogP contribution in [0.1, 0.15) is 18.3 Å². The van der Waals surface area contributed by atoms with Gasteiger partial charge >= 0.3 is 5.97 Å². The molecule has 0 saturated carbocycles. The summed E-state index contributed by atoms with van der Waals surface area (Å²) >= 11 is 6.16. The van der Waals surface area contributed by atoms with Gasteiger partial charge in [0.2, 0.25) is 0 Å². The third-order valence-corrected chi connectivity index (χ3v) is 5.58. The van der Waals surface area contributed by atoms with Crippen LogP contribution in [0.3, 0.4) is 0 Å². The standard InChI is InChI=1S/C21H22ClN3O2/c1-14-10-24(12-17(14)21(26)27)13-20-23-18-9-16(22)7-8-19(18)25(20)11-15-5-3-2-4-6-15/h2-9,14,17H,10-13H2,1H3,(H,26,27)/t14-,17-/m1/s1. The largest absolute Gasteiger partial charge is 0.481 e. The second-order valence-electron chi connectivity index (χ2n) is 7.35. The van der Waals surface area contributed by atoms with Crippen LogP contribution in [0.5, 0.6) is 0 Å². The fourth-order valence-electron chi connectivity index (χ4n) is 3.93. The summed E-state index contributed by atoms with van der Waals surface area (Å²) in [6.45, 7) is 4.69. The first-order valence-electron chi connectivity index (χ1n) is 9.15. The number of benzene rings is 2. The van der Waals surface area contributed by atoms with Crippen LogP contribution in [0.15, 0.2) is 48.5 Å². The van der Waals surface area contributed by atoms with Crippen molar-refractivity contribution in [3.05, 3.63) is 64.9 Å². The minimum absolute atomic E-state index is 0.142. The van der Waals surface area contributed by atoms with Crippen LogP contribution in [0, 0.1) is 11.8 Å². The number of likely N-dealkylation sites (tertiary alicyclic amines) is 1. The second kappa shape index (κ2) is 7.33. The van der Waals surface area contributed by atoms with Crippen molar-refractivity contribution in [3.63, 3.8) is 0 Å². The predicted octanol–water partition coefficient (Wildman–Crippen LogP) is 3.89. The molecule has 1 aliphatic rings. The lowest BCUT2D eigenvalue weighted by Crippen LogP contribution is -2.24. The highest BCUT2D eigenvalue weighted by Gasteiger charge is 2.35. The molecule has 1 aliphatic heterocycles. The third-order valence-electron chi connectivity index (χ3n) is 5.34. The fraction of sp³-hybridized carbons (Fsp3) is 0.333. The Balaban J connectivity index is 1.67. The first-order chi connectivity index (χ1) is 13.0. The van der Waals surface area contributed by atoms with Gasteiger partial charge in [0.1, 0.15) is 5.82 Å².